The molecule has 0 aromatic heterocycles. The van der Waals surface area contributed by atoms with E-state index in [1.165, 1.54) is 18.6 Å². The molecule has 2 heterocycles. The number of carbonyl (C=O) groups is 1. The Hall–Kier alpha value is -1.46. The average molecular weight is 334 g/mol. The van der Waals surface area contributed by atoms with Gasteiger partial charge < -0.3 is 14.5 Å². The van der Waals surface area contributed by atoms with Crippen molar-refractivity contribution in [2.75, 3.05) is 46.4 Å². The first kappa shape index (κ1) is 17.4. The topological polar surface area (TPSA) is 32.8 Å². The monoisotopic (exact) mass is 334 g/mol. The number of carbonyl (C=O) groups excluding carboxylic acids is 1. The molecule has 0 aliphatic carbocycles. The summed E-state index contributed by atoms with van der Waals surface area (Å²) in [4.78, 5) is 17.1. The first-order chi connectivity index (χ1) is 11.6. The predicted molar refractivity (Wildman–Crippen MR) is 91.5 cm³/mol. The van der Waals surface area contributed by atoms with Crippen molar-refractivity contribution >= 4 is 5.91 Å². The van der Waals surface area contributed by atoms with E-state index in [2.05, 4.69) is 4.90 Å². The van der Waals surface area contributed by atoms with Crippen molar-refractivity contribution in [3.63, 3.8) is 0 Å². The maximum atomic E-state index is 13.4. The highest BCUT2D eigenvalue weighted by molar-refractivity contribution is 5.94. The fraction of sp³-hybridized carbons (Fsp3) is 0.632. The summed E-state index contributed by atoms with van der Waals surface area (Å²) in [6, 6.07) is 6.04. The van der Waals surface area contributed by atoms with Gasteiger partial charge in [-0.15, -0.1) is 0 Å². The Morgan fingerprint density at radius 3 is 2.75 bits per heavy atom. The maximum Gasteiger partial charge on any atom is 0.253 e. The van der Waals surface area contributed by atoms with Crippen LogP contribution in [-0.4, -0.2) is 62.1 Å². The van der Waals surface area contributed by atoms with Crippen LogP contribution < -0.4 is 0 Å². The highest BCUT2D eigenvalue weighted by Gasteiger charge is 2.39. The number of likely N-dealkylation sites (tertiary alicyclic amines) is 2. The zero-order valence-corrected chi connectivity index (χ0v) is 14.5. The van der Waals surface area contributed by atoms with Crippen LogP contribution in [0.4, 0.5) is 4.39 Å². The largest absolute Gasteiger partial charge is 0.383 e. The van der Waals surface area contributed by atoms with Gasteiger partial charge >= 0.3 is 0 Å². The SMILES string of the molecule is COCCN1CCC2(CCCN(C(=O)c3cccc(F)c3)C2)CC1. The quantitative estimate of drug-likeness (QED) is 0.849. The minimum Gasteiger partial charge on any atom is -0.383 e. The molecular formula is C19H27FN2O2. The normalized spacial score (nSPS) is 21.2. The smallest absolute Gasteiger partial charge is 0.253 e. The summed E-state index contributed by atoms with van der Waals surface area (Å²) < 4.78 is 18.6. The number of ether oxygens (including phenoxy) is 1. The lowest BCUT2D eigenvalue weighted by Gasteiger charge is -2.47. The highest BCUT2D eigenvalue weighted by atomic mass is 19.1. The summed E-state index contributed by atoms with van der Waals surface area (Å²) in [6.45, 7) is 5.50. The van der Waals surface area contributed by atoms with E-state index in [1.54, 1.807) is 19.2 Å². The van der Waals surface area contributed by atoms with Crippen molar-refractivity contribution in [3.8, 4) is 0 Å². The number of rotatable bonds is 4. The number of piperidine rings is 2. The maximum absolute atomic E-state index is 13.4. The highest BCUT2D eigenvalue weighted by Crippen LogP contribution is 2.40. The van der Waals surface area contributed by atoms with Crippen LogP contribution in [0.5, 0.6) is 0 Å². The van der Waals surface area contributed by atoms with Crippen molar-refractivity contribution in [2.45, 2.75) is 25.7 Å². The lowest BCUT2D eigenvalue weighted by molar-refractivity contribution is 0.0165. The van der Waals surface area contributed by atoms with Gasteiger partial charge in [0.15, 0.2) is 0 Å². The Morgan fingerprint density at radius 2 is 2.04 bits per heavy atom. The van der Waals surface area contributed by atoms with Gasteiger partial charge in [0.25, 0.3) is 5.91 Å². The molecule has 2 aliphatic rings. The Morgan fingerprint density at radius 1 is 1.25 bits per heavy atom. The van der Waals surface area contributed by atoms with E-state index in [9.17, 15) is 9.18 Å². The minimum absolute atomic E-state index is 0.0320. The molecule has 0 bridgehead atoms. The average Bonchev–Trinajstić information content (AvgIpc) is 2.61. The lowest BCUT2D eigenvalue weighted by Crippen LogP contribution is -2.51. The van der Waals surface area contributed by atoms with Gasteiger partial charge in [0, 0.05) is 32.3 Å². The number of halogens is 1. The van der Waals surface area contributed by atoms with Crippen molar-refractivity contribution in [2.24, 2.45) is 5.41 Å². The first-order valence-electron chi connectivity index (χ1n) is 8.88. The molecule has 132 valence electrons. The summed E-state index contributed by atoms with van der Waals surface area (Å²) in [5, 5.41) is 0. The summed E-state index contributed by atoms with van der Waals surface area (Å²) >= 11 is 0. The molecule has 0 atom stereocenters. The molecule has 2 fully saturated rings. The lowest BCUT2D eigenvalue weighted by atomic mass is 9.72. The van der Waals surface area contributed by atoms with Crippen molar-refractivity contribution < 1.29 is 13.9 Å². The van der Waals surface area contributed by atoms with Gasteiger partial charge in [0.05, 0.1) is 6.61 Å². The molecule has 1 aromatic carbocycles. The van der Waals surface area contributed by atoms with Crippen molar-refractivity contribution in [1.29, 1.82) is 0 Å². The summed E-state index contributed by atoms with van der Waals surface area (Å²) in [5.41, 5.74) is 0.703. The number of amides is 1. The molecule has 0 radical (unpaired) electrons. The standard InChI is InChI=1S/C19H27FN2O2/c1-24-13-12-21-10-7-19(8-11-21)6-3-9-22(15-19)18(23)16-4-2-5-17(20)14-16/h2,4-5,14H,3,6-13,15H2,1H3. The fourth-order valence-electron chi connectivity index (χ4n) is 4.06. The Labute approximate surface area is 143 Å². The molecule has 2 aliphatic heterocycles. The van der Waals surface area contributed by atoms with Crippen LogP contribution in [0.2, 0.25) is 0 Å². The second-order valence-corrected chi connectivity index (χ2v) is 7.18. The first-order valence-corrected chi connectivity index (χ1v) is 8.88. The molecule has 4 nitrogen and oxygen atoms in total. The van der Waals surface area contributed by atoms with E-state index >= 15 is 0 Å². The fourth-order valence-corrected chi connectivity index (χ4v) is 4.06. The van der Waals surface area contributed by atoms with Crippen LogP contribution in [0.3, 0.4) is 0 Å². The molecule has 0 saturated carbocycles. The van der Waals surface area contributed by atoms with Gasteiger partial charge in [-0.05, 0) is 62.4 Å². The summed E-state index contributed by atoms with van der Waals surface area (Å²) in [5.74, 6) is -0.380. The minimum atomic E-state index is -0.348. The summed E-state index contributed by atoms with van der Waals surface area (Å²) in [7, 11) is 1.74. The van der Waals surface area contributed by atoms with Crippen LogP contribution in [0.15, 0.2) is 24.3 Å². The van der Waals surface area contributed by atoms with Gasteiger partial charge in [-0.3, -0.25) is 4.79 Å². The number of hydrogen-bond donors (Lipinski definition) is 0. The zero-order valence-electron chi connectivity index (χ0n) is 14.5. The molecule has 1 amide bonds. The van der Waals surface area contributed by atoms with Crippen LogP contribution >= 0.6 is 0 Å². The zero-order chi connectivity index (χ0) is 17.0. The van der Waals surface area contributed by atoms with E-state index in [1.807, 2.05) is 4.90 Å². The molecule has 3 rings (SSSR count). The molecular weight excluding hydrogens is 307 g/mol. The number of hydrogen-bond acceptors (Lipinski definition) is 3. The van der Waals surface area contributed by atoms with Crippen LogP contribution in [0.25, 0.3) is 0 Å². The molecule has 1 aromatic rings. The summed E-state index contributed by atoms with van der Waals surface area (Å²) in [6.07, 6.45) is 4.49. The van der Waals surface area contributed by atoms with Crippen LogP contribution in [0, 0.1) is 11.2 Å². The predicted octanol–water partition coefficient (Wildman–Crippen LogP) is 2.79. The van der Waals surface area contributed by atoms with Gasteiger partial charge in [-0.2, -0.15) is 0 Å². The van der Waals surface area contributed by atoms with Gasteiger partial charge in [0.1, 0.15) is 5.82 Å². The molecule has 24 heavy (non-hydrogen) atoms. The molecule has 2 saturated heterocycles. The molecule has 5 heteroatoms. The number of nitrogens with zero attached hydrogens (tertiary/aromatic N) is 2. The second kappa shape index (κ2) is 7.62. The van der Waals surface area contributed by atoms with E-state index in [4.69, 9.17) is 4.74 Å². The molecule has 1 spiro atoms. The van der Waals surface area contributed by atoms with E-state index in [0.717, 1.165) is 58.6 Å². The van der Waals surface area contributed by atoms with Crippen LogP contribution in [0.1, 0.15) is 36.0 Å². The molecule has 0 N–H and O–H groups in total. The van der Waals surface area contributed by atoms with Gasteiger partial charge in [0.2, 0.25) is 0 Å². The van der Waals surface area contributed by atoms with E-state index < -0.39 is 0 Å². The van der Waals surface area contributed by atoms with Gasteiger partial charge in [-0.25, -0.2) is 4.39 Å². The van der Waals surface area contributed by atoms with Crippen molar-refractivity contribution in [3.05, 3.63) is 35.6 Å². The third-order valence-corrected chi connectivity index (χ3v) is 5.55. The van der Waals surface area contributed by atoms with Crippen molar-refractivity contribution in [1.82, 2.24) is 9.80 Å². The number of methoxy groups -OCH3 is 1. The Kier molecular flexibility index (Phi) is 5.51. The van der Waals surface area contributed by atoms with Crippen LogP contribution in [-0.2, 0) is 4.74 Å². The second-order valence-electron chi connectivity index (χ2n) is 7.18. The van der Waals surface area contributed by atoms with Gasteiger partial charge in [-0.1, -0.05) is 6.07 Å². The Bertz CT molecular complexity index is 570. The Balaban J connectivity index is 1.61. The molecule has 0 unspecified atom stereocenters. The number of benzene rings is 1. The van der Waals surface area contributed by atoms with E-state index in [0.29, 0.717) is 5.56 Å². The van der Waals surface area contributed by atoms with E-state index in [-0.39, 0.29) is 17.1 Å². The third-order valence-electron chi connectivity index (χ3n) is 5.55. The third kappa shape index (κ3) is 3.95.